The molecule has 1 heterocycles. The number of carbonyl (C=O) groups excluding carboxylic acids is 1. The predicted molar refractivity (Wildman–Crippen MR) is 54.4 cm³/mol. The van der Waals surface area contributed by atoms with Gasteiger partial charge in [0.1, 0.15) is 23.0 Å². The molecule has 2 rings (SSSR count). The lowest BCUT2D eigenvalue weighted by Gasteiger charge is -2.12. The molecule has 19 heavy (non-hydrogen) atoms. The third kappa shape index (κ3) is 2.49. The molecule has 0 spiro atoms. The van der Waals surface area contributed by atoms with Crippen molar-refractivity contribution in [3.05, 3.63) is 47.2 Å². The van der Waals surface area contributed by atoms with E-state index in [4.69, 9.17) is 4.42 Å². The largest absolute Gasteiger partial charge is 0.453 e. The maximum absolute atomic E-state index is 13.3. The van der Waals surface area contributed by atoms with Gasteiger partial charge < -0.3 is 4.42 Å². The zero-order valence-electron chi connectivity index (χ0n) is 9.09. The van der Waals surface area contributed by atoms with Crippen LogP contribution >= 0.6 is 0 Å². The van der Waals surface area contributed by atoms with Gasteiger partial charge in [-0.2, -0.15) is 13.2 Å². The average Bonchev–Trinajstić information content (AvgIpc) is 2.74. The van der Waals surface area contributed by atoms with Crippen LogP contribution in [-0.2, 0) is 6.18 Å². The summed E-state index contributed by atoms with van der Waals surface area (Å²) < 4.78 is 69.4. The van der Waals surface area contributed by atoms with Gasteiger partial charge in [0.15, 0.2) is 12.0 Å². The number of furan rings is 1. The number of hydrogen-bond donors (Lipinski definition) is 0. The third-order valence-electron chi connectivity index (χ3n) is 2.35. The summed E-state index contributed by atoms with van der Waals surface area (Å²) in [4.78, 5) is 10.4. The van der Waals surface area contributed by atoms with Crippen LogP contribution in [0.4, 0.5) is 22.0 Å². The third-order valence-corrected chi connectivity index (χ3v) is 2.35. The fourth-order valence-electron chi connectivity index (χ4n) is 1.62. The Morgan fingerprint density at radius 1 is 1.11 bits per heavy atom. The molecule has 1 aromatic carbocycles. The zero-order chi connectivity index (χ0) is 14.2. The van der Waals surface area contributed by atoms with Crippen molar-refractivity contribution in [3.63, 3.8) is 0 Å². The van der Waals surface area contributed by atoms with Gasteiger partial charge in [-0.3, -0.25) is 4.79 Å². The fourth-order valence-corrected chi connectivity index (χ4v) is 1.62. The van der Waals surface area contributed by atoms with Crippen molar-refractivity contribution in [2.24, 2.45) is 0 Å². The Balaban J connectivity index is 2.70. The quantitative estimate of drug-likeness (QED) is 0.611. The summed E-state index contributed by atoms with van der Waals surface area (Å²) in [6.07, 6.45) is -4.74. The second-order valence-electron chi connectivity index (χ2n) is 3.63. The van der Waals surface area contributed by atoms with E-state index in [0.717, 1.165) is 12.1 Å². The van der Waals surface area contributed by atoms with Crippen molar-refractivity contribution >= 4 is 6.29 Å². The normalized spacial score (nSPS) is 11.6. The molecule has 2 nitrogen and oxygen atoms in total. The Kier molecular flexibility index (Phi) is 3.13. The van der Waals surface area contributed by atoms with Crippen LogP contribution in [0.1, 0.15) is 16.1 Å². The highest BCUT2D eigenvalue weighted by molar-refractivity contribution is 5.73. The second-order valence-corrected chi connectivity index (χ2v) is 3.63. The van der Waals surface area contributed by atoms with E-state index < -0.39 is 34.7 Å². The van der Waals surface area contributed by atoms with Gasteiger partial charge in [0.25, 0.3) is 0 Å². The van der Waals surface area contributed by atoms with Gasteiger partial charge in [-0.1, -0.05) is 0 Å². The van der Waals surface area contributed by atoms with Gasteiger partial charge in [-0.15, -0.1) is 0 Å². The van der Waals surface area contributed by atoms with Gasteiger partial charge in [0.2, 0.25) is 0 Å². The number of rotatable bonds is 2. The number of benzene rings is 1. The lowest BCUT2D eigenvalue weighted by Crippen LogP contribution is -2.10. The van der Waals surface area contributed by atoms with Crippen LogP contribution in [0.5, 0.6) is 0 Å². The number of aldehydes is 1. The molecule has 0 fully saturated rings. The standard InChI is InChI=1S/C12H5F5O2/c13-6-3-8(10-2-1-7(5-18)19-10)11(9(14)4-6)12(15,16)17/h1-5H. The molecule has 0 saturated heterocycles. The van der Waals surface area contributed by atoms with Crippen LogP contribution in [0.15, 0.2) is 28.7 Å². The minimum Gasteiger partial charge on any atom is -0.453 e. The number of hydrogen-bond acceptors (Lipinski definition) is 2. The maximum atomic E-state index is 13.3. The van der Waals surface area contributed by atoms with Gasteiger partial charge in [-0.25, -0.2) is 8.78 Å². The first-order chi connectivity index (χ1) is 8.82. The summed E-state index contributed by atoms with van der Waals surface area (Å²) >= 11 is 0. The minimum absolute atomic E-state index is 0.135. The van der Waals surface area contributed by atoms with E-state index in [1.54, 1.807) is 0 Å². The molecular formula is C12H5F5O2. The van der Waals surface area contributed by atoms with E-state index >= 15 is 0 Å². The summed E-state index contributed by atoms with van der Waals surface area (Å²) in [5.41, 5.74) is -2.43. The lowest BCUT2D eigenvalue weighted by molar-refractivity contribution is -0.139. The monoisotopic (exact) mass is 276 g/mol. The fraction of sp³-hybridized carbons (Fsp3) is 0.0833. The molecule has 0 saturated carbocycles. The first-order valence-corrected chi connectivity index (χ1v) is 4.94. The van der Waals surface area contributed by atoms with Gasteiger partial charge in [0.05, 0.1) is 0 Å². The van der Waals surface area contributed by atoms with Crippen LogP contribution < -0.4 is 0 Å². The Hall–Kier alpha value is -2.18. The van der Waals surface area contributed by atoms with E-state index in [2.05, 4.69) is 0 Å². The van der Waals surface area contributed by atoms with E-state index in [1.807, 2.05) is 0 Å². The molecule has 0 bridgehead atoms. The second kappa shape index (κ2) is 4.49. The van der Waals surface area contributed by atoms with Crippen molar-refractivity contribution in [1.82, 2.24) is 0 Å². The predicted octanol–water partition coefficient (Wildman–Crippen LogP) is 4.06. The topological polar surface area (TPSA) is 30.2 Å². The summed E-state index contributed by atoms with van der Waals surface area (Å²) in [5, 5.41) is 0. The molecule has 0 unspecified atom stereocenters. The molecule has 2 aromatic rings. The van der Waals surface area contributed by atoms with Crippen LogP contribution in [0, 0.1) is 11.6 Å². The summed E-state index contributed by atoms with van der Waals surface area (Å²) in [6.45, 7) is 0. The molecule has 7 heteroatoms. The lowest BCUT2D eigenvalue weighted by atomic mass is 10.0. The van der Waals surface area contributed by atoms with Gasteiger partial charge in [-0.05, 0) is 18.2 Å². The highest BCUT2D eigenvalue weighted by Crippen LogP contribution is 2.39. The smallest absolute Gasteiger partial charge is 0.419 e. The Labute approximate surface area is 103 Å². The van der Waals surface area contributed by atoms with E-state index in [-0.39, 0.29) is 18.1 Å². The Bertz CT molecular complexity index is 628. The molecule has 0 radical (unpaired) electrons. The number of halogens is 5. The van der Waals surface area contributed by atoms with Crippen LogP contribution in [-0.4, -0.2) is 6.29 Å². The van der Waals surface area contributed by atoms with Gasteiger partial charge >= 0.3 is 6.18 Å². The minimum atomic E-state index is -5.01. The Morgan fingerprint density at radius 2 is 1.79 bits per heavy atom. The van der Waals surface area contributed by atoms with Crippen LogP contribution in [0.25, 0.3) is 11.3 Å². The van der Waals surface area contributed by atoms with E-state index in [9.17, 15) is 26.7 Å². The first-order valence-electron chi connectivity index (χ1n) is 4.94. The summed E-state index contributed by atoms with van der Waals surface area (Å²) in [7, 11) is 0. The Morgan fingerprint density at radius 3 is 2.32 bits per heavy atom. The molecule has 0 aliphatic rings. The number of alkyl halides is 3. The number of carbonyl (C=O) groups is 1. The van der Waals surface area contributed by atoms with E-state index in [0.29, 0.717) is 6.07 Å². The zero-order valence-corrected chi connectivity index (χ0v) is 9.09. The molecule has 1 aromatic heterocycles. The van der Waals surface area contributed by atoms with Crippen molar-refractivity contribution in [3.8, 4) is 11.3 Å². The summed E-state index contributed by atoms with van der Waals surface area (Å²) in [6, 6.07) is 2.77. The molecule has 0 aliphatic carbocycles. The maximum Gasteiger partial charge on any atom is 0.419 e. The van der Waals surface area contributed by atoms with Crippen molar-refractivity contribution in [2.45, 2.75) is 6.18 Å². The molecule has 0 amide bonds. The van der Waals surface area contributed by atoms with Gasteiger partial charge in [0, 0.05) is 11.6 Å². The molecule has 0 atom stereocenters. The van der Waals surface area contributed by atoms with Crippen LogP contribution in [0.3, 0.4) is 0 Å². The highest BCUT2D eigenvalue weighted by atomic mass is 19.4. The van der Waals surface area contributed by atoms with Crippen molar-refractivity contribution < 1.29 is 31.2 Å². The molecule has 100 valence electrons. The molecular weight excluding hydrogens is 271 g/mol. The highest BCUT2D eigenvalue weighted by Gasteiger charge is 2.38. The van der Waals surface area contributed by atoms with Crippen LogP contribution in [0.2, 0.25) is 0 Å². The average molecular weight is 276 g/mol. The molecule has 0 aliphatic heterocycles. The molecule has 0 N–H and O–H groups in total. The van der Waals surface area contributed by atoms with Crippen molar-refractivity contribution in [2.75, 3.05) is 0 Å². The summed E-state index contributed by atoms with van der Waals surface area (Å²) in [5.74, 6) is -3.60. The SMILES string of the molecule is O=Cc1ccc(-c2cc(F)cc(F)c2C(F)(F)F)o1. The van der Waals surface area contributed by atoms with E-state index in [1.165, 1.54) is 0 Å². The van der Waals surface area contributed by atoms with Crippen molar-refractivity contribution in [1.29, 1.82) is 0 Å². The first kappa shape index (κ1) is 13.3.